The van der Waals surface area contributed by atoms with Gasteiger partial charge in [-0.25, -0.2) is 18.6 Å². The first-order chi connectivity index (χ1) is 16.4. The van der Waals surface area contributed by atoms with Crippen molar-refractivity contribution in [1.82, 2.24) is 15.8 Å². The van der Waals surface area contributed by atoms with Crippen molar-refractivity contribution in [2.24, 2.45) is 5.73 Å². The Hall–Kier alpha value is -2.57. The summed E-state index contributed by atoms with van der Waals surface area (Å²) >= 11 is 17.8. The number of carbonyl (C=O) groups is 2. The summed E-state index contributed by atoms with van der Waals surface area (Å²) in [5.41, 5.74) is 8.49. The number of nitrogens with one attached hydrogen (secondary N) is 3. The Morgan fingerprint density at radius 2 is 1.66 bits per heavy atom. The standard InChI is InChI=1S/C21H24Cl3N5O5S/c22-14-3-5-17(6-4-14)35(33,34)12-19(30)29(18(20(31)32)2-1-7-27-21(25)26)28-11-13-8-15(23)10-16(24)9-13/h3-6,8-10,18,28H,1-2,7,11-12H2,(H,31,32)(H4,25,26,27)/t18-/m0/s1. The van der Waals surface area contributed by atoms with Gasteiger partial charge >= 0.3 is 5.97 Å². The molecule has 6 N–H and O–H groups in total. The van der Waals surface area contributed by atoms with Gasteiger partial charge in [-0.05, 0) is 60.9 Å². The smallest absolute Gasteiger partial charge is 0.328 e. The minimum absolute atomic E-state index is 0.0500. The number of amides is 1. The summed E-state index contributed by atoms with van der Waals surface area (Å²) in [6.07, 6.45) is 0.181. The summed E-state index contributed by atoms with van der Waals surface area (Å²) in [4.78, 5) is 25.0. The normalized spacial score (nSPS) is 12.1. The number of aliphatic carboxylic acids is 1. The zero-order valence-electron chi connectivity index (χ0n) is 18.3. The zero-order chi connectivity index (χ0) is 26.2. The van der Waals surface area contributed by atoms with Crippen LogP contribution in [0, 0.1) is 5.41 Å². The molecule has 0 aliphatic rings. The van der Waals surface area contributed by atoms with Crippen molar-refractivity contribution >= 4 is 62.5 Å². The molecule has 0 aliphatic heterocycles. The average Bonchev–Trinajstić information content (AvgIpc) is 2.74. The average molecular weight is 565 g/mol. The van der Waals surface area contributed by atoms with Gasteiger partial charge in [-0.15, -0.1) is 0 Å². The maximum atomic E-state index is 13.1. The lowest BCUT2D eigenvalue weighted by molar-refractivity contribution is -0.152. The highest BCUT2D eigenvalue weighted by Gasteiger charge is 2.32. The van der Waals surface area contributed by atoms with Gasteiger partial charge in [-0.1, -0.05) is 34.8 Å². The van der Waals surface area contributed by atoms with E-state index in [1.807, 2.05) is 0 Å². The highest BCUT2D eigenvalue weighted by molar-refractivity contribution is 7.92. The minimum atomic E-state index is -4.10. The lowest BCUT2D eigenvalue weighted by atomic mass is 10.1. The van der Waals surface area contributed by atoms with Gasteiger partial charge in [0.15, 0.2) is 15.8 Å². The number of sulfone groups is 1. The first-order valence-corrected chi connectivity index (χ1v) is 13.0. The van der Waals surface area contributed by atoms with Gasteiger partial charge in [0.05, 0.1) is 4.90 Å². The molecule has 0 saturated carbocycles. The number of hydrogen-bond acceptors (Lipinski definition) is 6. The molecule has 190 valence electrons. The van der Waals surface area contributed by atoms with Gasteiger partial charge in [-0.3, -0.25) is 15.2 Å². The summed E-state index contributed by atoms with van der Waals surface area (Å²) < 4.78 is 25.6. The number of carbonyl (C=O) groups excluding carboxylic acids is 1. The van der Waals surface area contributed by atoms with Crippen molar-refractivity contribution in [2.45, 2.75) is 30.3 Å². The van der Waals surface area contributed by atoms with E-state index in [0.717, 1.165) is 5.01 Å². The molecule has 0 spiro atoms. The van der Waals surface area contributed by atoms with Crippen LogP contribution in [0.2, 0.25) is 15.1 Å². The molecule has 0 aliphatic carbocycles. The molecule has 0 unspecified atom stereocenters. The van der Waals surface area contributed by atoms with Crippen LogP contribution in [-0.2, 0) is 26.0 Å². The molecule has 2 aromatic rings. The molecule has 0 radical (unpaired) electrons. The van der Waals surface area contributed by atoms with Crippen LogP contribution in [0.4, 0.5) is 0 Å². The van der Waals surface area contributed by atoms with E-state index in [-0.39, 0.29) is 36.8 Å². The number of hydrazine groups is 1. The maximum Gasteiger partial charge on any atom is 0.328 e. The SMILES string of the molecule is N=C(N)NCCC[C@@H](C(=O)O)N(NCc1cc(Cl)cc(Cl)c1)C(=O)CS(=O)(=O)c1ccc(Cl)cc1. The van der Waals surface area contributed by atoms with Crippen LogP contribution >= 0.6 is 34.8 Å². The lowest BCUT2D eigenvalue weighted by Gasteiger charge is -2.30. The molecule has 0 aromatic heterocycles. The second-order valence-electron chi connectivity index (χ2n) is 7.43. The van der Waals surface area contributed by atoms with Crippen molar-refractivity contribution in [3.8, 4) is 0 Å². The van der Waals surface area contributed by atoms with E-state index in [2.05, 4.69) is 10.7 Å². The monoisotopic (exact) mass is 563 g/mol. The number of carboxylic acid groups (broad SMARTS) is 1. The Morgan fingerprint density at radius 1 is 1.06 bits per heavy atom. The van der Waals surface area contributed by atoms with E-state index in [9.17, 15) is 23.1 Å². The van der Waals surface area contributed by atoms with E-state index in [0.29, 0.717) is 20.6 Å². The second-order valence-corrected chi connectivity index (χ2v) is 10.7. The summed E-state index contributed by atoms with van der Waals surface area (Å²) in [7, 11) is -4.10. The Bertz CT molecular complexity index is 1160. The van der Waals surface area contributed by atoms with Gasteiger partial charge in [0.2, 0.25) is 0 Å². The van der Waals surface area contributed by atoms with Crippen LogP contribution in [-0.4, -0.2) is 54.7 Å². The fraction of sp³-hybridized carbons (Fsp3) is 0.286. The Balaban J connectivity index is 2.28. The first kappa shape index (κ1) is 28.7. The van der Waals surface area contributed by atoms with E-state index < -0.39 is 33.5 Å². The molecular weight excluding hydrogens is 541 g/mol. The number of rotatable bonds is 12. The number of carboxylic acids is 1. The van der Waals surface area contributed by atoms with Crippen molar-refractivity contribution in [3.05, 3.63) is 63.1 Å². The van der Waals surface area contributed by atoms with E-state index >= 15 is 0 Å². The minimum Gasteiger partial charge on any atom is -0.480 e. The maximum absolute atomic E-state index is 13.1. The number of benzene rings is 2. The van der Waals surface area contributed by atoms with Gasteiger partial charge in [0.1, 0.15) is 11.8 Å². The van der Waals surface area contributed by atoms with Gasteiger partial charge in [-0.2, -0.15) is 0 Å². The predicted molar refractivity (Wildman–Crippen MR) is 134 cm³/mol. The third kappa shape index (κ3) is 9.19. The molecule has 2 rings (SSSR count). The first-order valence-electron chi connectivity index (χ1n) is 10.2. The molecule has 0 saturated heterocycles. The molecule has 14 heteroatoms. The predicted octanol–water partition coefficient (Wildman–Crippen LogP) is 2.67. The second kappa shape index (κ2) is 12.9. The number of guanidine groups is 1. The number of nitrogens with two attached hydrogens (primary N) is 1. The Labute approximate surface area is 217 Å². The third-order valence-electron chi connectivity index (χ3n) is 4.70. The Kier molecular flexibility index (Phi) is 10.6. The van der Waals surface area contributed by atoms with Crippen LogP contribution in [0.15, 0.2) is 47.4 Å². The highest BCUT2D eigenvalue weighted by atomic mass is 35.5. The highest BCUT2D eigenvalue weighted by Crippen LogP contribution is 2.20. The molecule has 0 bridgehead atoms. The summed E-state index contributed by atoms with van der Waals surface area (Å²) in [5, 5.41) is 21.3. The van der Waals surface area contributed by atoms with Crippen molar-refractivity contribution in [1.29, 1.82) is 5.41 Å². The number of nitrogens with zero attached hydrogens (tertiary/aromatic N) is 1. The molecule has 1 atom stereocenters. The van der Waals surface area contributed by atoms with Crippen LogP contribution in [0.5, 0.6) is 0 Å². The van der Waals surface area contributed by atoms with Crippen LogP contribution < -0.4 is 16.5 Å². The molecule has 10 nitrogen and oxygen atoms in total. The molecule has 0 fully saturated rings. The van der Waals surface area contributed by atoms with Crippen molar-refractivity contribution in [3.63, 3.8) is 0 Å². The van der Waals surface area contributed by atoms with E-state index in [4.69, 9.17) is 45.9 Å². The topological polar surface area (TPSA) is 166 Å². The van der Waals surface area contributed by atoms with Crippen molar-refractivity contribution in [2.75, 3.05) is 12.3 Å². The lowest BCUT2D eigenvalue weighted by Crippen LogP contribution is -2.54. The molecule has 2 aromatic carbocycles. The quantitative estimate of drug-likeness (QED) is 0.114. The summed E-state index contributed by atoms with van der Waals surface area (Å²) in [5.74, 6) is -3.58. The third-order valence-corrected chi connectivity index (χ3v) is 7.00. The number of hydrogen-bond donors (Lipinski definition) is 5. The zero-order valence-corrected chi connectivity index (χ0v) is 21.4. The molecular formula is C21H24Cl3N5O5S. The van der Waals surface area contributed by atoms with Gasteiger partial charge in [0, 0.05) is 28.2 Å². The molecule has 35 heavy (non-hydrogen) atoms. The van der Waals surface area contributed by atoms with Crippen LogP contribution in [0.3, 0.4) is 0 Å². The summed E-state index contributed by atoms with van der Waals surface area (Å²) in [6, 6.07) is 8.51. The van der Waals surface area contributed by atoms with Crippen LogP contribution in [0.25, 0.3) is 0 Å². The van der Waals surface area contributed by atoms with Gasteiger partial charge < -0.3 is 16.2 Å². The Morgan fingerprint density at radius 3 is 2.20 bits per heavy atom. The molecule has 0 heterocycles. The summed E-state index contributed by atoms with van der Waals surface area (Å²) in [6.45, 7) is 0.136. The fourth-order valence-corrected chi connectivity index (χ4v) is 4.98. The van der Waals surface area contributed by atoms with Crippen molar-refractivity contribution < 1.29 is 23.1 Å². The molecule has 1 amide bonds. The largest absolute Gasteiger partial charge is 0.480 e. The van der Waals surface area contributed by atoms with E-state index in [1.165, 1.54) is 30.3 Å². The van der Waals surface area contributed by atoms with Gasteiger partial charge in [0.25, 0.3) is 5.91 Å². The number of halogens is 3. The van der Waals surface area contributed by atoms with E-state index in [1.54, 1.807) is 12.1 Å². The van der Waals surface area contributed by atoms with Crippen LogP contribution in [0.1, 0.15) is 18.4 Å². The fourth-order valence-electron chi connectivity index (χ4n) is 3.10.